The Morgan fingerprint density at radius 1 is 1.07 bits per heavy atom. The fourth-order valence-corrected chi connectivity index (χ4v) is 2.97. The normalized spacial score (nSPS) is 36.6. The van der Waals surface area contributed by atoms with Crippen molar-refractivity contribution in [3.05, 3.63) is 0 Å². The predicted molar refractivity (Wildman–Crippen MR) is 38.2 cm³/mol. The molecule has 0 radical (unpaired) electrons. The average molecular weight is 264 g/mol. The molecular weight excluding hydrogens is 259 g/mol. The molecule has 2 heterocycles. The number of carbonyl (C=O) groups is 3. The van der Waals surface area contributed by atoms with Gasteiger partial charge < -0.3 is 0 Å². The maximum absolute atomic E-state index is 11.2. The topological polar surface area (TPSA) is 99.1 Å². The quantitative estimate of drug-likeness (QED) is 0.512. The molecule has 76 valence electrons. The van der Waals surface area contributed by atoms with Gasteiger partial charge in [-0.3, -0.25) is 0 Å². The third-order valence-electron chi connectivity index (χ3n) is 1.76. The number of carbonyl (C=O) groups excluding carboxylic acids is 3. The van der Waals surface area contributed by atoms with E-state index in [2.05, 4.69) is 11.2 Å². The minimum absolute atomic E-state index is 0.563. The van der Waals surface area contributed by atoms with Crippen molar-refractivity contribution in [3.63, 3.8) is 0 Å². The molecule has 2 aliphatic heterocycles. The zero-order valence-electron chi connectivity index (χ0n) is 6.76. The second kappa shape index (κ2) is 2.96. The summed E-state index contributed by atoms with van der Waals surface area (Å²) in [7, 11) is 0. The van der Waals surface area contributed by atoms with Gasteiger partial charge >= 0.3 is 82.7 Å². The third kappa shape index (κ3) is 1.49. The van der Waals surface area contributed by atoms with Gasteiger partial charge in [-0.05, 0) is 0 Å². The minimum atomic E-state index is -3.12. The molecule has 0 aromatic rings. The van der Waals surface area contributed by atoms with E-state index in [0.29, 0.717) is 0 Å². The fourth-order valence-electron chi connectivity index (χ4n) is 1.12. The summed E-state index contributed by atoms with van der Waals surface area (Å²) in [5, 5.41) is 9.63. The fraction of sp³-hybridized carbons (Fsp3) is 0.500. The van der Waals surface area contributed by atoms with Gasteiger partial charge in [0.25, 0.3) is 0 Å². The van der Waals surface area contributed by atoms with Gasteiger partial charge in [0.2, 0.25) is 0 Å². The van der Waals surface area contributed by atoms with Gasteiger partial charge in [0.1, 0.15) is 0 Å². The summed E-state index contributed by atoms with van der Waals surface area (Å²) in [4.78, 5) is 33.2. The van der Waals surface area contributed by atoms with Gasteiger partial charge in [0, 0.05) is 0 Å². The van der Waals surface area contributed by atoms with Crippen molar-refractivity contribution in [1.82, 2.24) is 0 Å². The molecule has 2 aliphatic rings. The molecule has 0 saturated carbocycles. The SMILES string of the molecule is O=C1CC2(O)CC(=O)O[As](O1)OC2=O. The molecule has 8 heteroatoms. The third-order valence-corrected chi connectivity index (χ3v) is 3.90. The molecule has 1 N–H and O–H groups in total. The molecule has 0 aromatic heterocycles. The monoisotopic (exact) mass is 264 g/mol. The van der Waals surface area contributed by atoms with Gasteiger partial charge in [0.05, 0.1) is 0 Å². The Kier molecular flexibility index (Phi) is 2.01. The van der Waals surface area contributed by atoms with E-state index < -0.39 is 52.0 Å². The maximum atomic E-state index is 11.2. The van der Waals surface area contributed by atoms with E-state index >= 15 is 0 Å². The van der Waals surface area contributed by atoms with Crippen molar-refractivity contribution in [2.24, 2.45) is 0 Å². The molecule has 0 aliphatic carbocycles. The van der Waals surface area contributed by atoms with E-state index in [1.165, 1.54) is 0 Å². The zero-order valence-corrected chi connectivity index (χ0v) is 8.63. The number of rotatable bonds is 0. The van der Waals surface area contributed by atoms with E-state index in [0.717, 1.165) is 0 Å². The summed E-state index contributed by atoms with van der Waals surface area (Å²) in [6.07, 6.45) is -1.13. The summed E-state index contributed by atoms with van der Waals surface area (Å²) in [5.41, 5.74) is -2.12. The Hall–Kier alpha value is -1.07. The first-order valence-electron chi connectivity index (χ1n) is 3.66. The average Bonchev–Trinajstić information content (AvgIpc) is 2.13. The Labute approximate surface area is 83.2 Å². The van der Waals surface area contributed by atoms with Gasteiger partial charge in [0.15, 0.2) is 0 Å². The standard InChI is InChI=1S/C6H5AsO7/c8-3-1-6(11)2-4(9)13-7(12-3)14-5(6)10/h11H,1-2H2. The zero-order chi connectivity index (χ0) is 10.3. The van der Waals surface area contributed by atoms with Crippen molar-refractivity contribution >= 4 is 33.6 Å². The molecule has 0 unspecified atom stereocenters. The summed E-state index contributed by atoms with van der Waals surface area (Å²) in [5.74, 6) is -2.59. The van der Waals surface area contributed by atoms with Crippen LogP contribution in [0, 0.1) is 0 Å². The van der Waals surface area contributed by atoms with Crippen molar-refractivity contribution in [2.45, 2.75) is 18.4 Å². The van der Waals surface area contributed by atoms with Crippen LogP contribution in [0.1, 0.15) is 12.8 Å². The first kappa shape index (κ1) is 9.48. The van der Waals surface area contributed by atoms with Gasteiger partial charge in [-0.1, -0.05) is 0 Å². The van der Waals surface area contributed by atoms with Crippen LogP contribution in [0.5, 0.6) is 0 Å². The van der Waals surface area contributed by atoms with Crippen molar-refractivity contribution in [2.75, 3.05) is 0 Å². The molecule has 0 amide bonds. The van der Waals surface area contributed by atoms with Crippen LogP contribution in [0.25, 0.3) is 0 Å². The van der Waals surface area contributed by atoms with Crippen molar-refractivity contribution in [1.29, 1.82) is 0 Å². The Bertz CT molecular complexity index is 304. The second-order valence-corrected chi connectivity index (χ2v) is 5.00. The number of fused-ring (bicyclic) bond motifs is 3. The second-order valence-electron chi connectivity index (χ2n) is 2.91. The Balaban J connectivity index is 2.39. The molecule has 2 saturated heterocycles. The first-order chi connectivity index (χ1) is 6.49. The Morgan fingerprint density at radius 2 is 1.57 bits per heavy atom. The Morgan fingerprint density at radius 3 is 2.07 bits per heavy atom. The number of aliphatic hydroxyl groups is 1. The van der Waals surface area contributed by atoms with Crippen LogP contribution in [-0.4, -0.2) is 44.3 Å². The first-order valence-corrected chi connectivity index (χ1v) is 5.96. The van der Waals surface area contributed by atoms with E-state index in [1.807, 2.05) is 0 Å². The van der Waals surface area contributed by atoms with Gasteiger partial charge in [-0.25, -0.2) is 0 Å². The van der Waals surface area contributed by atoms with E-state index in [-0.39, 0.29) is 0 Å². The van der Waals surface area contributed by atoms with Crippen LogP contribution >= 0.6 is 0 Å². The van der Waals surface area contributed by atoms with Crippen LogP contribution in [0.4, 0.5) is 0 Å². The molecule has 0 spiro atoms. The van der Waals surface area contributed by atoms with Crippen molar-refractivity contribution in [3.8, 4) is 0 Å². The summed E-state index contributed by atoms with van der Waals surface area (Å²) in [6, 6.07) is 0. The molecule has 2 rings (SSSR count). The molecule has 2 bridgehead atoms. The number of hydrogen-bond donors (Lipinski definition) is 1. The molecule has 0 aromatic carbocycles. The summed E-state index contributed by atoms with van der Waals surface area (Å²) in [6.45, 7) is 0. The molecule has 7 nitrogen and oxygen atoms in total. The summed E-state index contributed by atoms with van der Waals surface area (Å²) >= 11 is -3.12. The van der Waals surface area contributed by atoms with Gasteiger partial charge in [-0.2, -0.15) is 0 Å². The van der Waals surface area contributed by atoms with Crippen LogP contribution in [0.2, 0.25) is 0 Å². The van der Waals surface area contributed by atoms with E-state index in [9.17, 15) is 19.5 Å². The van der Waals surface area contributed by atoms with E-state index in [4.69, 9.17) is 0 Å². The predicted octanol–water partition coefficient (Wildman–Crippen LogP) is -1.86. The molecule has 14 heavy (non-hydrogen) atoms. The van der Waals surface area contributed by atoms with Crippen LogP contribution in [0.3, 0.4) is 0 Å². The van der Waals surface area contributed by atoms with E-state index in [1.54, 1.807) is 0 Å². The van der Waals surface area contributed by atoms with Crippen molar-refractivity contribution < 1.29 is 30.7 Å². The van der Waals surface area contributed by atoms with Crippen LogP contribution in [0.15, 0.2) is 0 Å². The molecular formula is C6H5AsO7. The van der Waals surface area contributed by atoms with Gasteiger partial charge in [-0.15, -0.1) is 0 Å². The molecule has 2 fully saturated rings. The van der Waals surface area contributed by atoms with Crippen LogP contribution in [-0.2, 0) is 25.6 Å². The molecule has 0 atom stereocenters. The number of hydrogen-bond acceptors (Lipinski definition) is 7. The van der Waals surface area contributed by atoms with Crippen LogP contribution < -0.4 is 0 Å². The summed E-state index contributed by atoms with van der Waals surface area (Å²) < 4.78 is 13.6.